The van der Waals surface area contributed by atoms with Crippen LogP contribution in [0.2, 0.25) is 0 Å². The summed E-state index contributed by atoms with van der Waals surface area (Å²) in [5.41, 5.74) is 1.15. The van der Waals surface area contributed by atoms with Gasteiger partial charge in [-0.05, 0) is 28.4 Å². The van der Waals surface area contributed by atoms with Gasteiger partial charge in [0.25, 0.3) is 0 Å². The Morgan fingerprint density at radius 1 is 1.43 bits per heavy atom. The third-order valence-electron chi connectivity index (χ3n) is 2.12. The maximum absolute atomic E-state index is 5.66. The minimum absolute atomic E-state index is 0.672. The van der Waals surface area contributed by atoms with Crippen LogP contribution in [0.1, 0.15) is 6.42 Å². The lowest BCUT2D eigenvalue weighted by Crippen LogP contribution is -2.00. The fourth-order valence-electron chi connectivity index (χ4n) is 1.48. The molecule has 0 fully saturated rings. The lowest BCUT2D eigenvalue weighted by molar-refractivity contribution is 0.624. The van der Waals surface area contributed by atoms with Gasteiger partial charge in [-0.25, -0.2) is 0 Å². The third kappa shape index (κ3) is 1.79. The maximum atomic E-state index is 5.66. The molecular formula is C10H10BrClN2. The van der Waals surface area contributed by atoms with E-state index in [1.807, 2.05) is 23.0 Å². The normalized spacial score (nSPS) is 11.0. The number of rotatable bonds is 3. The summed E-state index contributed by atoms with van der Waals surface area (Å²) >= 11 is 9.18. The highest BCUT2D eigenvalue weighted by Gasteiger charge is 2.04. The second-order valence-electron chi connectivity index (χ2n) is 3.09. The molecule has 1 heterocycles. The van der Waals surface area contributed by atoms with Gasteiger partial charge in [0, 0.05) is 22.3 Å². The predicted octanol–water partition coefficient (Wildman–Crippen LogP) is 3.43. The summed E-state index contributed by atoms with van der Waals surface area (Å²) in [6, 6.07) is 6.10. The zero-order valence-corrected chi connectivity index (χ0v) is 9.92. The zero-order valence-electron chi connectivity index (χ0n) is 7.58. The Morgan fingerprint density at radius 2 is 2.29 bits per heavy atom. The van der Waals surface area contributed by atoms with Gasteiger partial charge in [-0.1, -0.05) is 12.1 Å². The summed E-state index contributed by atoms with van der Waals surface area (Å²) in [5.74, 6) is 0.672. The number of para-hydroxylation sites is 1. The molecule has 2 aromatic rings. The van der Waals surface area contributed by atoms with Crippen molar-refractivity contribution in [1.82, 2.24) is 9.78 Å². The molecule has 0 aliphatic rings. The van der Waals surface area contributed by atoms with E-state index in [0.717, 1.165) is 28.3 Å². The molecule has 0 aliphatic heterocycles. The SMILES string of the molecule is ClCCCn1ncc2cccc(Br)c21. The first-order valence-corrected chi connectivity index (χ1v) is 5.81. The van der Waals surface area contributed by atoms with Crippen LogP contribution in [0.4, 0.5) is 0 Å². The molecule has 74 valence electrons. The Morgan fingerprint density at radius 3 is 3.07 bits per heavy atom. The van der Waals surface area contributed by atoms with Crippen LogP contribution >= 0.6 is 27.5 Å². The molecule has 0 amide bonds. The van der Waals surface area contributed by atoms with Crippen LogP contribution in [0.15, 0.2) is 28.9 Å². The van der Waals surface area contributed by atoms with Gasteiger partial charge in [0.2, 0.25) is 0 Å². The minimum Gasteiger partial charge on any atom is -0.264 e. The third-order valence-corrected chi connectivity index (χ3v) is 3.02. The molecule has 0 radical (unpaired) electrons. The van der Waals surface area contributed by atoms with Crippen molar-refractivity contribution in [3.8, 4) is 0 Å². The van der Waals surface area contributed by atoms with E-state index in [2.05, 4.69) is 27.1 Å². The van der Waals surface area contributed by atoms with Crippen LogP contribution in [0.3, 0.4) is 0 Å². The van der Waals surface area contributed by atoms with Crippen LogP contribution in [0.25, 0.3) is 10.9 Å². The number of hydrogen-bond acceptors (Lipinski definition) is 1. The zero-order chi connectivity index (χ0) is 9.97. The molecule has 2 rings (SSSR count). The smallest absolute Gasteiger partial charge is 0.0824 e. The summed E-state index contributed by atoms with van der Waals surface area (Å²) in [6.07, 6.45) is 2.83. The topological polar surface area (TPSA) is 17.8 Å². The van der Waals surface area contributed by atoms with E-state index in [-0.39, 0.29) is 0 Å². The highest BCUT2D eigenvalue weighted by molar-refractivity contribution is 9.10. The maximum Gasteiger partial charge on any atom is 0.0824 e. The lowest BCUT2D eigenvalue weighted by atomic mass is 10.2. The Hall–Kier alpha value is -0.540. The molecule has 0 atom stereocenters. The molecule has 14 heavy (non-hydrogen) atoms. The largest absolute Gasteiger partial charge is 0.264 e. The highest BCUT2D eigenvalue weighted by Crippen LogP contribution is 2.23. The molecule has 2 nitrogen and oxygen atoms in total. The first-order valence-electron chi connectivity index (χ1n) is 4.49. The van der Waals surface area contributed by atoms with Crippen molar-refractivity contribution in [2.24, 2.45) is 0 Å². The van der Waals surface area contributed by atoms with Gasteiger partial charge in [0.15, 0.2) is 0 Å². The Labute approximate surface area is 96.0 Å². The molecule has 0 saturated carbocycles. The van der Waals surface area contributed by atoms with Crippen molar-refractivity contribution in [3.05, 3.63) is 28.9 Å². The summed E-state index contributed by atoms with van der Waals surface area (Å²) in [6.45, 7) is 0.871. The Kier molecular flexibility index (Phi) is 3.08. The van der Waals surface area contributed by atoms with Crippen LogP contribution in [-0.4, -0.2) is 15.7 Å². The van der Waals surface area contributed by atoms with Crippen LogP contribution < -0.4 is 0 Å². The van der Waals surface area contributed by atoms with Crippen molar-refractivity contribution in [2.45, 2.75) is 13.0 Å². The molecular weight excluding hydrogens is 263 g/mol. The van der Waals surface area contributed by atoms with Gasteiger partial charge in [-0.15, -0.1) is 11.6 Å². The van der Waals surface area contributed by atoms with Gasteiger partial charge in [-0.2, -0.15) is 5.10 Å². The number of halogens is 2. The lowest BCUT2D eigenvalue weighted by Gasteiger charge is -2.02. The molecule has 0 spiro atoms. The van der Waals surface area contributed by atoms with Gasteiger partial charge >= 0.3 is 0 Å². The molecule has 0 aliphatic carbocycles. The molecule has 0 N–H and O–H groups in total. The van der Waals surface area contributed by atoms with Gasteiger partial charge in [0.1, 0.15) is 0 Å². The average molecular weight is 274 g/mol. The van der Waals surface area contributed by atoms with Gasteiger partial charge in [-0.3, -0.25) is 4.68 Å². The number of nitrogens with zero attached hydrogens (tertiary/aromatic N) is 2. The van der Waals surface area contributed by atoms with Crippen molar-refractivity contribution in [1.29, 1.82) is 0 Å². The van der Waals surface area contributed by atoms with E-state index in [1.165, 1.54) is 0 Å². The monoisotopic (exact) mass is 272 g/mol. The summed E-state index contributed by atoms with van der Waals surface area (Å²) < 4.78 is 3.07. The van der Waals surface area contributed by atoms with E-state index in [4.69, 9.17) is 11.6 Å². The summed E-state index contributed by atoms with van der Waals surface area (Å²) in [5, 5.41) is 5.48. The van der Waals surface area contributed by atoms with Crippen molar-refractivity contribution in [2.75, 3.05) is 5.88 Å². The first kappa shape index (κ1) is 9.99. The molecule has 1 aromatic carbocycles. The second-order valence-corrected chi connectivity index (χ2v) is 4.32. The molecule has 0 bridgehead atoms. The van der Waals surface area contributed by atoms with E-state index in [0.29, 0.717) is 5.88 Å². The predicted molar refractivity (Wildman–Crippen MR) is 62.8 cm³/mol. The Balaban J connectivity index is 2.45. The highest BCUT2D eigenvalue weighted by atomic mass is 79.9. The number of alkyl halides is 1. The summed E-state index contributed by atoms with van der Waals surface area (Å²) in [4.78, 5) is 0. The molecule has 4 heteroatoms. The quantitative estimate of drug-likeness (QED) is 0.784. The van der Waals surface area contributed by atoms with E-state index < -0.39 is 0 Å². The summed E-state index contributed by atoms with van der Waals surface area (Å²) in [7, 11) is 0. The van der Waals surface area contributed by atoms with Crippen LogP contribution in [-0.2, 0) is 6.54 Å². The van der Waals surface area contributed by atoms with Crippen molar-refractivity contribution < 1.29 is 0 Å². The number of fused-ring (bicyclic) bond motifs is 1. The second kappa shape index (κ2) is 4.32. The first-order chi connectivity index (χ1) is 6.83. The van der Waals surface area contributed by atoms with E-state index >= 15 is 0 Å². The van der Waals surface area contributed by atoms with Crippen molar-refractivity contribution in [3.63, 3.8) is 0 Å². The standard InChI is InChI=1S/C10H10BrClN2/c11-9-4-1-3-8-7-13-14(10(8)9)6-2-5-12/h1,3-4,7H,2,5-6H2. The van der Waals surface area contributed by atoms with Crippen molar-refractivity contribution >= 4 is 38.4 Å². The van der Waals surface area contributed by atoms with Crippen LogP contribution in [0, 0.1) is 0 Å². The van der Waals surface area contributed by atoms with E-state index in [9.17, 15) is 0 Å². The minimum atomic E-state index is 0.672. The van der Waals surface area contributed by atoms with Gasteiger partial charge in [0.05, 0.1) is 11.7 Å². The molecule has 1 aromatic heterocycles. The molecule has 0 unspecified atom stereocenters. The van der Waals surface area contributed by atoms with Gasteiger partial charge < -0.3 is 0 Å². The number of benzene rings is 1. The number of aryl methyl sites for hydroxylation is 1. The van der Waals surface area contributed by atoms with Crippen LogP contribution in [0.5, 0.6) is 0 Å². The Bertz CT molecular complexity index is 439. The molecule has 0 saturated heterocycles. The number of hydrogen-bond donors (Lipinski definition) is 0. The van der Waals surface area contributed by atoms with E-state index in [1.54, 1.807) is 0 Å². The fraction of sp³-hybridized carbons (Fsp3) is 0.300. The number of aromatic nitrogens is 2. The average Bonchev–Trinajstić information content (AvgIpc) is 2.59. The fourth-order valence-corrected chi connectivity index (χ4v) is 2.18.